The number of halogens is 2. The topological polar surface area (TPSA) is 71.4 Å². The number of hydrogen-bond donors (Lipinski definition) is 1. The third kappa shape index (κ3) is 2.64. The van der Waals surface area contributed by atoms with E-state index < -0.39 is 32.7 Å². The van der Waals surface area contributed by atoms with E-state index in [-0.39, 0.29) is 25.7 Å². The first-order valence-corrected chi connectivity index (χ1v) is 6.20. The number of alkyl halides is 2. The molecule has 0 bridgehead atoms. The van der Waals surface area contributed by atoms with Crippen LogP contribution in [0.3, 0.4) is 0 Å². The van der Waals surface area contributed by atoms with Gasteiger partial charge in [0, 0.05) is 0 Å². The molecule has 1 saturated carbocycles. The summed E-state index contributed by atoms with van der Waals surface area (Å²) in [5.41, 5.74) is 0. The Hall–Kier alpha value is -0.720. The molecule has 0 aromatic heterocycles. The Morgan fingerprint density at radius 1 is 1.20 bits per heavy atom. The quantitative estimate of drug-likeness (QED) is 0.808. The molecule has 0 aliphatic heterocycles. The zero-order valence-electron chi connectivity index (χ0n) is 7.90. The monoisotopic (exact) mass is 242 g/mol. The molecule has 15 heavy (non-hydrogen) atoms. The van der Waals surface area contributed by atoms with Crippen molar-refractivity contribution < 1.29 is 27.1 Å². The molecule has 0 spiro atoms. The second-order valence-electron chi connectivity index (χ2n) is 3.66. The molecule has 0 aromatic carbocycles. The van der Waals surface area contributed by atoms with E-state index in [0.29, 0.717) is 0 Å². The molecule has 0 atom stereocenters. The average molecular weight is 242 g/mol. The molecule has 0 aromatic rings. The van der Waals surface area contributed by atoms with Gasteiger partial charge < -0.3 is 5.11 Å². The Kier molecular flexibility index (Phi) is 3.64. The first kappa shape index (κ1) is 12.4. The van der Waals surface area contributed by atoms with Gasteiger partial charge in [-0.15, -0.1) is 0 Å². The van der Waals surface area contributed by atoms with Gasteiger partial charge in [-0.3, -0.25) is 4.79 Å². The van der Waals surface area contributed by atoms with Crippen molar-refractivity contribution in [3.63, 3.8) is 0 Å². The molecule has 1 N–H and O–H groups in total. The lowest BCUT2D eigenvalue weighted by atomic mass is 9.89. The minimum atomic E-state index is -4.38. The summed E-state index contributed by atoms with van der Waals surface area (Å²) in [6.45, 7) is 0. The molecule has 1 rings (SSSR count). The summed E-state index contributed by atoms with van der Waals surface area (Å²) in [4.78, 5) is 10.5. The van der Waals surface area contributed by atoms with Gasteiger partial charge in [0.05, 0.1) is 11.2 Å². The van der Waals surface area contributed by atoms with Crippen LogP contribution < -0.4 is 0 Å². The van der Waals surface area contributed by atoms with E-state index in [1.165, 1.54) is 0 Å². The fourth-order valence-electron chi connectivity index (χ4n) is 1.78. The molecule has 7 heteroatoms. The molecule has 88 valence electrons. The molecule has 0 amide bonds. The lowest BCUT2D eigenvalue weighted by molar-refractivity contribution is -0.142. The van der Waals surface area contributed by atoms with Crippen molar-refractivity contribution >= 4 is 15.8 Å². The van der Waals surface area contributed by atoms with Gasteiger partial charge in [0.25, 0.3) is 0 Å². The van der Waals surface area contributed by atoms with Crippen LogP contribution in [0.2, 0.25) is 0 Å². The van der Waals surface area contributed by atoms with E-state index in [2.05, 4.69) is 0 Å². The van der Waals surface area contributed by atoms with Gasteiger partial charge in [0.1, 0.15) is 0 Å². The third-order valence-corrected chi connectivity index (χ3v) is 4.63. The summed E-state index contributed by atoms with van der Waals surface area (Å²) >= 11 is 0. The fourth-order valence-corrected chi connectivity index (χ4v) is 3.00. The van der Waals surface area contributed by atoms with Crippen LogP contribution >= 0.6 is 0 Å². The van der Waals surface area contributed by atoms with Crippen LogP contribution in [0.1, 0.15) is 25.7 Å². The highest BCUT2D eigenvalue weighted by Crippen LogP contribution is 2.30. The van der Waals surface area contributed by atoms with E-state index >= 15 is 0 Å². The first-order chi connectivity index (χ1) is 6.85. The number of carbonyl (C=O) groups is 1. The average Bonchev–Trinajstić information content (AvgIpc) is 2.17. The molecular weight excluding hydrogens is 230 g/mol. The summed E-state index contributed by atoms with van der Waals surface area (Å²) in [6.07, 6.45) is 0.352. The number of carboxylic acid groups (broad SMARTS) is 1. The maximum absolute atomic E-state index is 12.1. The Balaban J connectivity index is 2.62. The zero-order chi connectivity index (χ0) is 11.6. The molecule has 0 unspecified atom stereocenters. The van der Waals surface area contributed by atoms with Crippen LogP contribution in [-0.2, 0) is 14.6 Å². The number of sulfone groups is 1. The molecule has 0 radical (unpaired) electrons. The second kappa shape index (κ2) is 4.42. The predicted molar refractivity (Wildman–Crippen MR) is 48.3 cm³/mol. The predicted octanol–water partition coefficient (Wildman–Crippen LogP) is 1.27. The van der Waals surface area contributed by atoms with Crippen molar-refractivity contribution in [3.8, 4) is 0 Å². The van der Waals surface area contributed by atoms with Gasteiger partial charge in [-0.05, 0) is 25.7 Å². The van der Waals surface area contributed by atoms with Crippen molar-refractivity contribution in [2.45, 2.75) is 36.7 Å². The van der Waals surface area contributed by atoms with Gasteiger partial charge in [-0.25, -0.2) is 8.42 Å². The number of rotatable bonds is 3. The molecule has 4 nitrogen and oxygen atoms in total. The molecular formula is C8H12F2O4S. The number of aliphatic carboxylic acids is 1. The molecule has 1 aliphatic carbocycles. The molecule has 1 fully saturated rings. The normalized spacial score (nSPS) is 27.9. The van der Waals surface area contributed by atoms with Crippen LogP contribution in [0.5, 0.6) is 0 Å². The summed E-state index contributed by atoms with van der Waals surface area (Å²) in [7, 11) is -4.38. The van der Waals surface area contributed by atoms with Gasteiger partial charge in [0.15, 0.2) is 0 Å². The van der Waals surface area contributed by atoms with Gasteiger partial charge in [0.2, 0.25) is 9.84 Å². The zero-order valence-corrected chi connectivity index (χ0v) is 8.71. The van der Waals surface area contributed by atoms with E-state index in [0.717, 1.165) is 0 Å². The number of carboxylic acids is 1. The maximum atomic E-state index is 12.1. The van der Waals surface area contributed by atoms with E-state index in [4.69, 9.17) is 5.11 Å². The summed E-state index contributed by atoms with van der Waals surface area (Å²) in [5.74, 6) is -4.93. The van der Waals surface area contributed by atoms with E-state index in [1.54, 1.807) is 0 Å². The minimum absolute atomic E-state index is 0.0175. The van der Waals surface area contributed by atoms with Crippen molar-refractivity contribution in [1.82, 2.24) is 0 Å². The van der Waals surface area contributed by atoms with Crippen LogP contribution in [0, 0.1) is 5.92 Å². The lowest BCUT2D eigenvalue weighted by Gasteiger charge is -2.25. The van der Waals surface area contributed by atoms with Crippen LogP contribution in [0.25, 0.3) is 0 Å². The van der Waals surface area contributed by atoms with Crippen molar-refractivity contribution in [2.24, 2.45) is 5.92 Å². The maximum Gasteiger partial charge on any atom is 0.337 e. The largest absolute Gasteiger partial charge is 0.481 e. The van der Waals surface area contributed by atoms with Crippen LogP contribution in [0.15, 0.2) is 0 Å². The van der Waals surface area contributed by atoms with Gasteiger partial charge >= 0.3 is 11.7 Å². The SMILES string of the molecule is O=C(O)C1CCC(S(=O)(=O)C(F)F)CC1. The van der Waals surface area contributed by atoms with Crippen molar-refractivity contribution in [1.29, 1.82) is 0 Å². The first-order valence-electron chi connectivity index (χ1n) is 4.59. The second-order valence-corrected chi connectivity index (χ2v) is 5.86. The Morgan fingerprint density at radius 2 is 1.67 bits per heavy atom. The van der Waals surface area contributed by atoms with Crippen molar-refractivity contribution in [3.05, 3.63) is 0 Å². The summed E-state index contributed by atoms with van der Waals surface area (Å²) in [6, 6.07) is 0. The third-order valence-electron chi connectivity index (χ3n) is 2.74. The Labute approximate surface area is 86.2 Å². The van der Waals surface area contributed by atoms with Gasteiger partial charge in [-0.2, -0.15) is 8.78 Å². The van der Waals surface area contributed by atoms with Crippen LogP contribution in [-0.4, -0.2) is 30.5 Å². The smallest absolute Gasteiger partial charge is 0.337 e. The summed E-state index contributed by atoms with van der Waals surface area (Å²) < 4.78 is 46.4. The molecule has 1 aliphatic rings. The van der Waals surface area contributed by atoms with E-state index in [1.807, 2.05) is 0 Å². The highest BCUT2D eigenvalue weighted by molar-refractivity contribution is 7.92. The Morgan fingerprint density at radius 3 is 2.00 bits per heavy atom. The summed E-state index contributed by atoms with van der Waals surface area (Å²) in [5, 5.41) is 7.56. The fraction of sp³-hybridized carbons (Fsp3) is 0.875. The highest BCUT2D eigenvalue weighted by Gasteiger charge is 2.38. The minimum Gasteiger partial charge on any atom is -0.481 e. The molecule has 0 heterocycles. The number of hydrogen-bond acceptors (Lipinski definition) is 3. The highest BCUT2D eigenvalue weighted by atomic mass is 32.2. The lowest BCUT2D eigenvalue weighted by Crippen LogP contribution is -2.33. The Bertz CT molecular complexity index is 331. The van der Waals surface area contributed by atoms with Crippen LogP contribution in [0.4, 0.5) is 8.78 Å². The van der Waals surface area contributed by atoms with Gasteiger partial charge in [-0.1, -0.05) is 0 Å². The standard InChI is InChI=1S/C8H12F2O4S/c9-8(10)15(13,14)6-3-1-5(2-4-6)7(11)12/h5-6,8H,1-4H2,(H,11,12). The molecule has 0 saturated heterocycles. The van der Waals surface area contributed by atoms with E-state index in [9.17, 15) is 22.0 Å². The van der Waals surface area contributed by atoms with Crippen molar-refractivity contribution in [2.75, 3.05) is 0 Å².